The number of piperazine rings is 1. The summed E-state index contributed by atoms with van der Waals surface area (Å²) in [6, 6.07) is 7.95. The standard InChI is InChI=1S/C17H22ClN3O2S/c1-13-12-24-17(19-13)23-11-16(22)10-20-5-7-21(8-6-20)15-4-2-3-14(18)9-15/h2-4,9,12,16,22H,5-8,10-11H2,1H3. The summed E-state index contributed by atoms with van der Waals surface area (Å²) in [5.41, 5.74) is 2.10. The van der Waals surface area contributed by atoms with Crippen LogP contribution in [-0.4, -0.2) is 60.4 Å². The highest BCUT2D eigenvalue weighted by molar-refractivity contribution is 7.11. The van der Waals surface area contributed by atoms with E-state index in [-0.39, 0.29) is 6.61 Å². The van der Waals surface area contributed by atoms with E-state index in [0.29, 0.717) is 11.7 Å². The summed E-state index contributed by atoms with van der Waals surface area (Å²) in [5, 5.41) is 13.5. The zero-order valence-electron chi connectivity index (χ0n) is 13.7. The van der Waals surface area contributed by atoms with Crippen molar-refractivity contribution in [1.29, 1.82) is 0 Å². The number of ether oxygens (including phenoxy) is 1. The van der Waals surface area contributed by atoms with Crippen molar-refractivity contribution in [2.45, 2.75) is 13.0 Å². The van der Waals surface area contributed by atoms with Crippen LogP contribution in [0.25, 0.3) is 0 Å². The Kier molecular flexibility index (Phi) is 5.94. The van der Waals surface area contributed by atoms with Gasteiger partial charge in [-0.2, -0.15) is 0 Å². The van der Waals surface area contributed by atoms with Crippen molar-refractivity contribution in [2.24, 2.45) is 0 Å². The number of thiazole rings is 1. The van der Waals surface area contributed by atoms with Crippen molar-refractivity contribution < 1.29 is 9.84 Å². The van der Waals surface area contributed by atoms with E-state index in [2.05, 4.69) is 20.9 Å². The summed E-state index contributed by atoms with van der Waals surface area (Å²) < 4.78 is 5.54. The minimum Gasteiger partial charge on any atom is -0.467 e. The van der Waals surface area contributed by atoms with Crippen molar-refractivity contribution in [3.8, 4) is 5.19 Å². The second kappa shape index (κ2) is 8.16. The minimum atomic E-state index is -0.507. The highest BCUT2D eigenvalue weighted by Gasteiger charge is 2.20. The Bertz CT molecular complexity index is 659. The van der Waals surface area contributed by atoms with Crippen LogP contribution in [0.5, 0.6) is 5.19 Å². The third kappa shape index (κ3) is 4.83. The molecule has 1 saturated heterocycles. The van der Waals surface area contributed by atoms with Crippen LogP contribution >= 0.6 is 22.9 Å². The molecule has 0 aliphatic carbocycles. The van der Waals surface area contributed by atoms with Gasteiger partial charge in [-0.05, 0) is 25.1 Å². The van der Waals surface area contributed by atoms with Crippen molar-refractivity contribution in [2.75, 3.05) is 44.2 Å². The topological polar surface area (TPSA) is 48.8 Å². The van der Waals surface area contributed by atoms with Gasteiger partial charge in [-0.25, -0.2) is 4.98 Å². The van der Waals surface area contributed by atoms with E-state index >= 15 is 0 Å². The number of halogens is 1. The first-order valence-electron chi connectivity index (χ1n) is 8.06. The summed E-state index contributed by atoms with van der Waals surface area (Å²) >= 11 is 7.52. The fraction of sp³-hybridized carbons (Fsp3) is 0.471. The van der Waals surface area contributed by atoms with Gasteiger partial charge in [0.05, 0.1) is 5.69 Å². The van der Waals surface area contributed by atoms with Gasteiger partial charge in [0.25, 0.3) is 5.19 Å². The van der Waals surface area contributed by atoms with E-state index in [1.807, 2.05) is 30.5 Å². The van der Waals surface area contributed by atoms with E-state index < -0.39 is 6.10 Å². The molecule has 1 aliphatic rings. The predicted octanol–water partition coefficient (Wildman–Crippen LogP) is 2.67. The van der Waals surface area contributed by atoms with Crippen LogP contribution in [0.2, 0.25) is 5.02 Å². The maximum absolute atomic E-state index is 10.2. The van der Waals surface area contributed by atoms with Gasteiger partial charge in [0.1, 0.15) is 12.7 Å². The van der Waals surface area contributed by atoms with Crippen LogP contribution in [0.15, 0.2) is 29.6 Å². The van der Waals surface area contributed by atoms with Gasteiger partial charge in [-0.15, -0.1) is 0 Å². The Morgan fingerprint density at radius 2 is 2.12 bits per heavy atom. The van der Waals surface area contributed by atoms with Crippen LogP contribution in [-0.2, 0) is 0 Å². The summed E-state index contributed by atoms with van der Waals surface area (Å²) in [7, 11) is 0. The Hall–Kier alpha value is -1.34. The van der Waals surface area contributed by atoms with Gasteiger partial charge in [0, 0.05) is 48.8 Å². The molecule has 0 radical (unpaired) electrons. The molecule has 24 heavy (non-hydrogen) atoms. The van der Waals surface area contributed by atoms with Crippen LogP contribution < -0.4 is 9.64 Å². The third-order valence-electron chi connectivity index (χ3n) is 4.01. The molecule has 0 spiro atoms. The zero-order valence-corrected chi connectivity index (χ0v) is 15.3. The normalized spacial score (nSPS) is 17.0. The van der Waals surface area contributed by atoms with Crippen LogP contribution in [0.3, 0.4) is 0 Å². The highest BCUT2D eigenvalue weighted by atomic mass is 35.5. The van der Waals surface area contributed by atoms with Crippen LogP contribution in [0.1, 0.15) is 5.69 Å². The highest BCUT2D eigenvalue weighted by Crippen LogP contribution is 2.21. The molecular weight excluding hydrogens is 346 g/mol. The van der Waals surface area contributed by atoms with E-state index in [1.54, 1.807) is 0 Å². The number of aromatic nitrogens is 1. The average molecular weight is 368 g/mol. The quantitative estimate of drug-likeness (QED) is 0.850. The zero-order chi connectivity index (χ0) is 16.9. The van der Waals surface area contributed by atoms with Crippen LogP contribution in [0.4, 0.5) is 5.69 Å². The number of aliphatic hydroxyl groups is 1. The van der Waals surface area contributed by atoms with Gasteiger partial charge in [-0.1, -0.05) is 29.0 Å². The number of rotatable bonds is 6. The Morgan fingerprint density at radius 3 is 2.79 bits per heavy atom. The lowest BCUT2D eigenvalue weighted by Crippen LogP contribution is -2.49. The van der Waals surface area contributed by atoms with Gasteiger partial charge in [0.15, 0.2) is 0 Å². The number of anilines is 1. The van der Waals surface area contributed by atoms with Gasteiger partial charge < -0.3 is 14.7 Å². The fourth-order valence-corrected chi connectivity index (χ4v) is 3.62. The monoisotopic (exact) mass is 367 g/mol. The van der Waals surface area contributed by atoms with E-state index in [4.69, 9.17) is 16.3 Å². The first kappa shape index (κ1) is 17.5. The fourth-order valence-electron chi connectivity index (χ4n) is 2.78. The summed E-state index contributed by atoms with van der Waals surface area (Å²) in [6.07, 6.45) is -0.507. The van der Waals surface area contributed by atoms with Gasteiger partial charge >= 0.3 is 0 Å². The molecule has 0 amide bonds. The minimum absolute atomic E-state index is 0.279. The first-order chi connectivity index (χ1) is 11.6. The first-order valence-corrected chi connectivity index (χ1v) is 9.32. The molecule has 1 aromatic heterocycles. The van der Waals surface area contributed by atoms with Gasteiger partial charge in [0.2, 0.25) is 0 Å². The number of aryl methyl sites for hydroxylation is 1. The van der Waals surface area contributed by atoms with E-state index in [0.717, 1.165) is 42.6 Å². The maximum atomic E-state index is 10.2. The van der Waals surface area contributed by atoms with Crippen LogP contribution in [0, 0.1) is 6.92 Å². The molecule has 0 saturated carbocycles. The molecule has 2 heterocycles. The molecule has 1 unspecified atom stereocenters. The molecule has 1 aliphatic heterocycles. The lowest BCUT2D eigenvalue weighted by atomic mass is 10.2. The molecule has 2 aromatic rings. The molecule has 1 N–H and O–H groups in total. The van der Waals surface area contributed by atoms with E-state index in [9.17, 15) is 5.11 Å². The smallest absolute Gasteiger partial charge is 0.273 e. The summed E-state index contributed by atoms with van der Waals surface area (Å²) in [5.74, 6) is 0. The lowest BCUT2D eigenvalue weighted by Gasteiger charge is -2.36. The largest absolute Gasteiger partial charge is 0.467 e. The molecule has 1 fully saturated rings. The molecule has 7 heteroatoms. The molecule has 130 valence electrons. The summed E-state index contributed by atoms with van der Waals surface area (Å²) in [4.78, 5) is 8.82. The Labute approximate surface area is 151 Å². The Balaban J connectivity index is 1.41. The molecule has 1 aromatic carbocycles. The number of hydrogen-bond donors (Lipinski definition) is 1. The second-order valence-electron chi connectivity index (χ2n) is 5.99. The van der Waals surface area contributed by atoms with Crippen molar-refractivity contribution in [1.82, 2.24) is 9.88 Å². The van der Waals surface area contributed by atoms with Crippen molar-refractivity contribution in [3.05, 3.63) is 40.4 Å². The molecule has 5 nitrogen and oxygen atoms in total. The third-order valence-corrected chi connectivity index (χ3v) is 5.12. The average Bonchev–Trinajstić information content (AvgIpc) is 2.99. The number of benzene rings is 1. The SMILES string of the molecule is Cc1csc(OCC(O)CN2CCN(c3cccc(Cl)c3)CC2)n1. The van der Waals surface area contributed by atoms with Crippen molar-refractivity contribution in [3.63, 3.8) is 0 Å². The molecule has 1 atom stereocenters. The second-order valence-corrected chi connectivity index (χ2v) is 7.24. The number of aliphatic hydroxyl groups excluding tert-OH is 1. The molecular formula is C17H22ClN3O2S. The van der Waals surface area contributed by atoms with Crippen molar-refractivity contribution >= 4 is 28.6 Å². The number of β-amino-alcohol motifs (C(OH)–C–C–N with tert-alkyl or cyclic N) is 1. The maximum Gasteiger partial charge on any atom is 0.273 e. The Morgan fingerprint density at radius 1 is 1.33 bits per heavy atom. The van der Waals surface area contributed by atoms with E-state index in [1.165, 1.54) is 11.3 Å². The predicted molar refractivity (Wildman–Crippen MR) is 98.5 cm³/mol. The molecule has 3 rings (SSSR count). The lowest BCUT2D eigenvalue weighted by molar-refractivity contribution is 0.0662. The number of hydrogen-bond acceptors (Lipinski definition) is 6. The van der Waals surface area contributed by atoms with Gasteiger partial charge in [-0.3, -0.25) is 4.90 Å². The summed E-state index contributed by atoms with van der Waals surface area (Å²) in [6.45, 7) is 6.52. The molecule has 0 bridgehead atoms. The number of nitrogens with zero attached hydrogens (tertiary/aromatic N) is 3.